The molecule has 0 unspecified atom stereocenters. The van der Waals surface area contributed by atoms with Crippen LogP contribution in [0.2, 0.25) is 0 Å². The monoisotopic (exact) mass is 312 g/mol. The normalized spacial score (nSPS) is 10.0. The summed E-state index contributed by atoms with van der Waals surface area (Å²) >= 11 is 0. The van der Waals surface area contributed by atoms with Gasteiger partial charge in [0.15, 0.2) is 0 Å². The average Bonchev–Trinajstić information content (AvgIpc) is 2.54. The first-order valence-corrected chi connectivity index (χ1v) is 7.46. The summed E-state index contributed by atoms with van der Waals surface area (Å²) in [6, 6.07) is 14.7. The zero-order valence-corrected chi connectivity index (χ0v) is 13.3. The largest absolute Gasteiger partial charge is 0.492 e. The van der Waals surface area contributed by atoms with E-state index in [1.54, 1.807) is 24.3 Å². The molecule has 0 saturated carbocycles. The first-order chi connectivity index (χ1) is 11.1. The fraction of sp³-hybridized carbons (Fsp3) is 0.222. The molecule has 0 heterocycles. The SMILES string of the molecule is CCOc1ccccc1NC(=O)C(=O)NCc1cccc(C)c1. The summed E-state index contributed by atoms with van der Waals surface area (Å²) in [4.78, 5) is 23.9. The fourth-order valence-corrected chi connectivity index (χ4v) is 2.12. The van der Waals surface area contributed by atoms with Crippen LogP contribution in [0.1, 0.15) is 18.1 Å². The van der Waals surface area contributed by atoms with Crippen LogP contribution in [-0.4, -0.2) is 18.4 Å². The smallest absolute Gasteiger partial charge is 0.313 e. The molecule has 2 aromatic carbocycles. The highest BCUT2D eigenvalue weighted by Gasteiger charge is 2.15. The third kappa shape index (κ3) is 4.85. The van der Waals surface area contributed by atoms with Crippen molar-refractivity contribution >= 4 is 17.5 Å². The Balaban J connectivity index is 1.94. The molecule has 5 nitrogen and oxygen atoms in total. The van der Waals surface area contributed by atoms with Gasteiger partial charge < -0.3 is 15.4 Å². The molecular formula is C18H20N2O3. The molecule has 2 rings (SSSR count). The topological polar surface area (TPSA) is 67.4 Å². The number of nitrogens with one attached hydrogen (secondary N) is 2. The molecule has 120 valence electrons. The third-order valence-corrected chi connectivity index (χ3v) is 3.18. The van der Waals surface area contributed by atoms with Gasteiger partial charge in [0.2, 0.25) is 0 Å². The minimum absolute atomic E-state index is 0.307. The van der Waals surface area contributed by atoms with Crippen LogP contribution in [0.15, 0.2) is 48.5 Å². The molecule has 0 radical (unpaired) electrons. The van der Waals surface area contributed by atoms with Crippen LogP contribution in [0.5, 0.6) is 5.75 Å². The van der Waals surface area contributed by atoms with E-state index in [4.69, 9.17) is 4.74 Å². The quantitative estimate of drug-likeness (QED) is 0.834. The third-order valence-electron chi connectivity index (χ3n) is 3.18. The van der Waals surface area contributed by atoms with E-state index in [0.29, 0.717) is 24.6 Å². The summed E-state index contributed by atoms with van der Waals surface area (Å²) in [5.74, 6) is -0.863. The highest BCUT2D eigenvalue weighted by Crippen LogP contribution is 2.23. The lowest BCUT2D eigenvalue weighted by Crippen LogP contribution is -2.35. The summed E-state index contributed by atoms with van der Waals surface area (Å²) in [5.41, 5.74) is 2.53. The van der Waals surface area contributed by atoms with E-state index in [2.05, 4.69) is 10.6 Å². The van der Waals surface area contributed by atoms with Crippen LogP contribution in [-0.2, 0) is 16.1 Å². The number of rotatable bonds is 5. The van der Waals surface area contributed by atoms with E-state index in [1.807, 2.05) is 38.1 Å². The van der Waals surface area contributed by atoms with Crippen molar-refractivity contribution in [2.45, 2.75) is 20.4 Å². The Morgan fingerprint density at radius 1 is 1.04 bits per heavy atom. The van der Waals surface area contributed by atoms with Crippen LogP contribution >= 0.6 is 0 Å². The maximum Gasteiger partial charge on any atom is 0.313 e. The molecule has 2 amide bonds. The van der Waals surface area contributed by atoms with E-state index in [-0.39, 0.29) is 0 Å². The van der Waals surface area contributed by atoms with Crippen molar-refractivity contribution in [1.29, 1.82) is 0 Å². The standard InChI is InChI=1S/C18H20N2O3/c1-3-23-16-10-5-4-9-15(16)20-18(22)17(21)19-12-14-8-6-7-13(2)11-14/h4-11H,3,12H2,1-2H3,(H,19,21)(H,20,22). The number of carbonyl (C=O) groups excluding carboxylic acids is 2. The van der Waals surface area contributed by atoms with Gasteiger partial charge in [0.05, 0.1) is 12.3 Å². The van der Waals surface area contributed by atoms with Crippen LogP contribution in [0.4, 0.5) is 5.69 Å². The predicted octanol–water partition coefficient (Wildman–Crippen LogP) is 2.65. The Kier molecular flexibility index (Phi) is 5.74. The van der Waals surface area contributed by atoms with Gasteiger partial charge in [-0.1, -0.05) is 42.0 Å². The molecule has 0 aliphatic rings. The lowest BCUT2D eigenvalue weighted by molar-refractivity contribution is -0.136. The maximum atomic E-state index is 12.0. The van der Waals surface area contributed by atoms with E-state index in [9.17, 15) is 9.59 Å². The summed E-state index contributed by atoms with van der Waals surface area (Å²) < 4.78 is 5.41. The van der Waals surface area contributed by atoms with Crippen molar-refractivity contribution in [3.05, 3.63) is 59.7 Å². The Bertz CT molecular complexity index is 698. The first-order valence-electron chi connectivity index (χ1n) is 7.46. The van der Waals surface area contributed by atoms with Crippen molar-refractivity contribution in [2.75, 3.05) is 11.9 Å². The van der Waals surface area contributed by atoms with Gasteiger partial charge >= 0.3 is 11.8 Å². The van der Waals surface area contributed by atoms with E-state index in [0.717, 1.165) is 11.1 Å². The Morgan fingerprint density at radius 2 is 1.83 bits per heavy atom. The summed E-state index contributed by atoms with van der Waals surface area (Å²) in [7, 11) is 0. The predicted molar refractivity (Wildman–Crippen MR) is 89.3 cm³/mol. The molecule has 0 spiro atoms. The Labute approximate surface area is 135 Å². The van der Waals surface area contributed by atoms with Crippen molar-refractivity contribution in [1.82, 2.24) is 5.32 Å². The van der Waals surface area contributed by atoms with E-state index >= 15 is 0 Å². The van der Waals surface area contributed by atoms with Gasteiger partial charge in [0.25, 0.3) is 0 Å². The number of amides is 2. The zero-order valence-electron chi connectivity index (χ0n) is 13.3. The number of hydrogen-bond donors (Lipinski definition) is 2. The molecule has 2 N–H and O–H groups in total. The number of para-hydroxylation sites is 2. The van der Waals surface area contributed by atoms with Crippen LogP contribution in [0.3, 0.4) is 0 Å². The van der Waals surface area contributed by atoms with E-state index in [1.165, 1.54) is 0 Å². The highest BCUT2D eigenvalue weighted by molar-refractivity contribution is 6.39. The van der Waals surface area contributed by atoms with Crippen LogP contribution < -0.4 is 15.4 Å². The van der Waals surface area contributed by atoms with Crippen molar-refractivity contribution in [3.63, 3.8) is 0 Å². The summed E-state index contributed by atoms with van der Waals surface area (Å²) in [6.07, 6.45) is 0. The summed E-state index contributed by atoms with van der Waals surface area (Å²) in [5, 5.41) is 5.17. The molecule has 0 fully saturated rings. The van der Waals surface area contributed by atoms with E-state index < -0.39 is 11.8 Å². The molecule has 5 heteroatoms. The zero-order chi connectivity index (χ0) is 16.7. The molecule has 0 atom stereocenters. The van der Waals surface area contributed by atoms with Gasteiger partial charge in [-0.2, -0.15) is 0 Å². The molecule has 0 bridgehead atoms. The number of benzene rings is 2. The Morgan fingerprint density at radius 3 is 2.57 bits per heavy atom. The number of anilines is 1. The number of ether oxygens (including phenoxy) is 1. The maximum absolute atomic E-state index is 12.0. The van der Waals surface area contributed by atoms with Crippen molar-refractivity contribution in [2.24, 2.45) is 0 Å². The lowest BCUT2D eigenvalue weighted by atomic mass is 10.1. The first kappa shape index (κ1) is 16.5. The molecule has 0 saturated heterocycles. The minimum atomic E-state index is -0.718. The second kappa shape index (κ2) is 7.98. The molecule has 0 aliphatic heterocycles. The molecule has 2 aromatic rings. The molecule has 0 aliphatic carbocycles. The van der Waals surface area contributed by atoms with Crippen molar-refractivity contribution < 1.29 is 14.3 Å². The average molecular weight is 312 g/mol. The number of aryl methyl sites for hydroxylation is 1. The summed E-state index contributed by atoms with van der Waals surface area (Å²) in [6.45, 7) is 4.61. The number of hydrogen-bond acceptors (Lipinski definition) is 3. The van der Waals surface area contributed by atoms with Gasteiger partial charge in [-0.3, -0.25) is 9.59 Å². The van der Waals surface area contributed by atoms with Crippen molar-refractivity contribution in [3.8, 4) is 5.75 Å². The van der Waals surface area contributed by atoms with Gasteiger partial charge in [-0.15, -0.1) is 0 Å². The molecular weight excluding hydrogens is 292 g/mol. The van der Waals surface area contributed by atoms with Gasteiger partial charge in [0, 0.05) is 6.54 Å². The minimum Gasteiger partial charge on any atom is -0.492 e. The highest BCUT2D eigenvalue weighted by atomic mass is 16.5. The van der Waals surface area contributed by atoms with Gasteiger partial charge in [-0.25, -0.2) is 0 Å². The number of carbonyl (C=O) groups is 2. The molecule has 23 heavy (non-hydrogen) atoms. The molecule has 0 aromatic heterocycles. The second-order valence-electron chi connectivity index (χ2n) is 5.06. The van der Waals surface area contributed by atoms with Gasteiger partial charge in [-0.05, 0) is 31.5 Å². The Hall–Kier alpha value is -2.82. The lowest BCUT2D eigenvalue weighted by Gasteiger charge is -2.11. The van der Waals surface area contributed by atoms with Crippen LogP contribution in [0.25, 0.3) is 0 Å². The fourth-order valence-electron chi connectivity index (χ4n) is 2.12. The van der Waals surface area contributed by atoms with Crippen LogP contribution in [0, 0.1) is 6.92 Å². The van der Waals surface area contributed by atoms with Gasteiger partial charge in [0.1, 0.15) is 5.75 Å². The second-order valence-corrected chi connectivity index (χ2v) is 5.06.